The summed E-state index contributed by atoms with van der Waals surface area (Å²) < 4.78 is 2.27. The van der Waals surface area contributed by atoms with Crippen molar-refractivity contribution in [3.8, 4) is 0 Å². The predicted octanol–water partition coefficient (Wildman–Crippen LogP) is 4.56. The van der Waals surface area contributed by atoms with Gasteiger partial charge in [-0.1, -0.05) is 42.0 Å². The molecule has 0 unspecified atom stereocenters. The first kappa shape index (κ1) is 13.2. The molecule has 2 heteroatoms. The van der Waals surface area contributed by atoms with E-state index in [9.17, 15) is 0 Å². The van der Waals surface area contributed by atoms with E-state index in [0.29, 0.717) is 6.04 Å². The molecule has 3 rings (SSSR count). The quantitative estimate of drug-likeness (QED) is 0.725. The van der Waals surface area contributed by atoms with E-state index < -0.39 is 0 Å². The first-order valence-corrected chi connectivity index (χ1v) is 7.61. The molecular formula is C18H22N2. The molecule has 2 nitrogen and oxygen atoms in total. The van der Waals surface area contributed by atoms with Crippen molar-refractivity contribution >= 4 is 0 Å². The van der Waals surface area contributed by atoms with Gasteiger partial charge >= 0.3 is 0 Å². The lowest BCUT2D eigenvalue weighted by Crippen LogP contribution is -2.12. The largest absolute Gasteiger partial charge is 0.334 e. The van der Waals surface area contributed by atoms with Gasteiger partial charge < -0.3 is 4.57 Å². The van der Waals surface area contributed by atoms with E-state index in [-0.39, 0.29) is 0 Å². The first-order chi connectivity index (χ1) is 9.92. The fourth-order valence-electron chi connectivity index (χ4n) is 3.05. The smallest absolute Gasteiger partial charge is 0.0948 e. The molecule has 2 aromatic rings. The molecular weight excluding hydrogens is 244 g/mol. The van der Waals surface area contributed by atoms with Gasteiger partial charge in [-0.05, 0) is 44.1 Å². The summed E-state index contributed by atoms with van der Waals surface area (Å²) in [5, 5.41) is 0. The topological polar surface area (TPSA) is 17.8 Å². The molecule has 104 valence electrons. The van der Waals surface area contributed by atoms with E-state index >= 15 is 0 Å². The van der Waals surface area contributed by atoms with E-state index in [4.69, 9.17) is 0 Å². The minimum atomic E-state index is 0.490. The van der Waals surface area contributed by atoms with E-state index in [0.717, 1.165) is 12.8 Å². The Morgan fingerprint density at radius 3 is 2.70 bits per heavy atom. The maximum Gasteiger partial charge on any atom is 0.0948 e. The molecule has 0 bridgehead atoms. The lowest BCUT2D eigenvalue weighted by Gasteiger charge is -2.22. The maximum absolute atomic E-state index is 4.22. The molecule has 0 fully saturated rings. The van der Waals surface area contributed by atoms with Gasteiger partial charge in [-0.3, -0.25) is 0 Å². The highest BCUT2D eigenvalue weighted by atomic mass is 15.0. The van der Waals surface area contributed by atoms with Crippen LogP contribution in [0, 0.1) is 0 Å². The fourth-order valence-corrected chi connectivity index (χ4v) is 3.05. The molecule has 0 saturated carbocycles. The van der Waals surface area contributed by atoms with Crippen LogP contribution in [0.2, 0.25) is 0 Å². The van der Waals surface area contributed by atoms with Crippen LogP contribution in [-0.4, -0.2) is 9.55 Å². The van der Waals surface area contributed by atoms with Crippen molar-refractivity contribution in [3.05, 3.63) is 66.3 Å². The third-order valence-corrected chi connectivity index (χ3v) is 4.14. The Balaban J connectivity index is 1.75. The molecule has 1 aliphatic carbocycles. The number of allylic oxidation sites excluding steroid dienone is 2. The number of rotatable bonds is 5. The Morgan fingerprint density at radius 1 is 1.10 bits per heavy atom. The summed E-state index contributed by atoms with van der Waals surface area (Å²) in [6.07, 6.45) is 15.9. The van der Waals surface area contributed by atoms with Gasteiger partial charge in [0.25, 0.3) is 0 Å². The van der Waals surface area contributed by atoms with Crippen LogP contribution in [0.1, 0.15) is 43.7 Å². The van der Waals surface area contributed by atoms with Crippen LogP contribution in [0.15, 0.2) is 60.7 Å². The number of benzene rings is 1. The van der Waals surface area contributed by atoms with Gasteiger partial charge in [-0.25, -0.2) is 4.98 Å². The van der Waals surface area contributed by atoms with Crippen molar-refractivity contribution in [3.63, 3.8) is 0 Å². The third kappa shape index (κ3) is 3.38. The van der Waals surface area contributed by atoms with Crippen molar-refractivity contribution in [2.75, 3.05) is 0 Å². The van der Waals surface area contributed by atoms with Crippen LogP contribution in [-0.2, 0) is 6.42 Å². The summed E-state index contributed by atoms with van der Waals surface area (Å²) in [4.78, 5) is 4.22. The third-order valence-electron chi connectivity index (χ3n) is 4.14. The van der Waals surface area contributed by atoms with Gasteiger partial charge in [0.2, 0.25) is 0 Å². The Morgan fingerprint density at radius 2 is 2.00 bits per heavy atom. The molecule has 1 aromatic carbocycles. The van der Waals surface area contributed by atoms with Gasteiger partial charge in [0.1, 0.15) is 0 Å². The number of aromatic nitrogens is 2. The summed E-state index contributed by atoms with van der Waals surface area (Å²) in [6, 6.07) is 11.3. The number of imidazole rings is 1. The second-order valence-corrected chi connectivity index (χ2v) is 5.67. The average molecular weight is 266 g/mol. The Bertz CT molecular complexity index is 540. The van der Waals surface area contributed by atoms with Crippen molar-refractivity contribution in [1.29, 1.82) is 0 Å². The Kier molecular flexibility index (Phi) is 4.32. The van der Waals surface area contributed by atoms with Gasteiger partial charge in [0, 0.05) is 18.4 Å². The van der Waals surface area contributed by atoms with Gasteiger partial charge in [-0.2, -0.15) is 0 Å². The first-order valence-electron chi connectivity index (χ1n) is 7.61. The second kappa shape index (κ2) is 6.56. The molecule has 0 N–H and O–H groups in total. The zero-order valence-electron chi connectivity index (χ0n) is 11.9. The number of hydrogen-bond acceptors (Lipinski definition) is 1. The summed E-state index contributed by atoms with van der Waals surface area (Å²) >= 11 is 0. The molecule has 1 aliphatic rings. The highest BCUT2D eigenvalue weighted by Gasteiger charge is 2.15. The minimum Gasteiger partial charge on any atom is -0.334 e. The monoisotopic (exact) mass is 266 g/mol. The molecule has 0 radical (unpaired) electrons. The second-order valence-electron chi connectivity index (χ2n) is 5.67. The van der Waals surface area contributed by atoms with E-state index in [1.807, 2.05) is 12.5 Å². The summed E-state index contributed by atoms with van der Waals surface area (Å²) in [7, 11) is 0. The fraction of sp³-hybridized carbons (Fsp3) is 0.389. The van der Waals surface area contributed by atoms with E-state index in [1.165, 1.54) is 31.2 Å². The van der Waals surface area contributed by atoms with E-state index in [2.05, 4.69) is 52.2 Å². The molecule has 0 amide bonds. The molecule has 20 heavy (non-hydrogen) atoms. The van der Waals surface area contributed by atoms with Gasteiger partial charge in [0.05, 0.1) is 6.33 Å². The maximum atomic E-state index is 4.22. The molecule has 0 aliphatic heterocycles. The van der Waals surface area contributed by atoms with Crippen LogP contribution in [0.25, 0.3) is 0 Å². The molecule has 0 spiro atoms. The highest BCUT2D eigenvalue weighted by Crippen LogP contribution is 2.28. The SMILES string of the molecule is C1=C(C[C@@H](Cc2ccccc2)n2ccnc2)CCCC1. The van der Waals surface area contributed by atoms with Crippen molar-refractivity contribution in [1.82, 2.24) is 9.55 Å². The highest BCUT2D eigenvalue weighted by molar-refractivity contribution is 5.17. The van der Waals surface area contributed by atoms with Crippen molar-refractivity contribution in [2.45, 2.75) is 44.6 Å². The average Bonchev–Trinajstić information content (AvgIpc) is 3.03. The van der Waals surface area contributed by atoms with Gasteiger partial charge in [0.15, 0.2) is 0 Å². The lowest BCUT2D eigenvalue weighted by atomic mass is 9.92. The van der Waals surface area contributed by atoms with E-state index in [1.54, 1.807) is 5.57 Å². The van der Waals surface area contributed by atoms with Crippen molar-refractivity contribution in [2.24, 2.45) is 0 Å². The van der Waals surface area contributed by atoms with Crippen molar-refractivity contribution < 1.29 is 0 Å². The van der Waals surface area contributed by atoms with Gasteiger partial charge in [-0.15, -0.1) is 0 Å². The molecule has 1 atom stereocenters. The number of hydrogen-bond donors (Lipinski definition) is 0. The van der Waals surface area contributed by atoms with Crippen LogP contribution in [0.4, 0.5) is 0 Å². The molecule has 1 heterocycles. The van der Waals surface area contributed by atoms with Crippen LogP contribution in [0.3, 0.4) is 0 Å². The molecule has 0 saturated heterocycles. The standard InChI is InChI=1S/C18H22N2/c1-3-7-16(8-4-1)13-18(20-12-11-19-15-20)14-17-9-5-2-6-10-17/h1,3-4,7-9,11-12,15,18H,2,5-6,10,13-14H2/t18-/m1/s1. The number of nitrogens with zero attached hydrogens (tertiary/aromatic N) is 2. The van der Waals surface area contributed by atoms with Crippen LogP contribution >= 0.6 is 0 Å². The normalized spacial score (nSPS) is 16.7. The zero-order chi connectivity index (χ0) is 13.6. The Hall–Kier alpha value is -1.83. The van der Waals surface area contributed by atoms with Crippen LogP contribution in [0.5, 0.6) is 0 Å². The molecule has 1 aromatic heterocycles. The summed E-state index contributed by atoms with van der Waals surface area (Å²) in [6.45, 7) is 0. The minimum absolute atomic E-state index is 0.490. The zero-order valence-corrected chi connectivity index (χ0v) is 11.9. The Labute approximate surface area is 121 Å². The summed E-state index contributed by atoms with van der Waals surface area (Å²) in [5.41, 5.74) is 3.04. The van der Waals surface area contributed by atoms with Crippen LogP contribution < -0.4 is 0 Å². The summed E-state index contributed by atoms with van der Waals surface area (Å²) in [5.74, 6) is 0. The predicted molar refractivity (Wildman–Crippen MR) is 82.6 cm³/mol. The lowest BCUT2D eigenvalue weighted by molar-refractivity contribution is 0.479.